The van der Waals surface area contributed by atoms with Gasteiger partial charge in [-0.1, -0.05) is 20.8 Å². The highest BCUT2D eigenvalue weighted by Crippen LogP contribution is 2.09. The van der Waals surface area contributed by atoms with Gasteiger partial charge in [0.05, 0.1) is 6.20 Å². The number of aromatic nitrogens is 2. The fraction of sp³-hybridized carbons (Fsp3) is 0.769. The van der Waals surface area contributed by atoms with Gasteiger partial charge in [0.15, 0.2) is 0 Å². The zero-order chi connectivity index (χ0) is 12.0. The van der Waals surface area contributed by atoms with Gasteiger partial charge in [-0.3, -0.25) is 4.68 Å². The van der Waals surface area contributed by atoms with Crippen molar-refractivity contribution >= 4 is 0 Å². The molecule has 0 aliphatic rings. The molecule has 92 valence electrons. The lowest BCUT2D eigenvalue weighted by Crippen LogP contribution is -2.14. The minimum absolute atomic E-state index is 0.741. The van der Waals surface area contributed by atoms with Crippen LogP contribution in [0.4, 0.5) is 0 Å². The van der Waals surface area contributed by atoms with Crippen LogP contribution in [0.5, 0.6) is 0 Å². The summed E-state index contributed by atoms with van der Waals surface area (Å²) in [6.45, 7) is 11.9. The molecule has 0 atom stereocenters. The molecule has 0 radical (unpaired) electrons. The van der Waals surface area contributed by atoms with E-state index in [-0.39, 0.29) is 0 Å². The zero-order valence-electron chi connectivity index (χ0n) is 11.1. The summed E-state index contributed by atoms with van der Waals surface area (Å²) in [5, 5.41) is 7.86. The minimum Gasteiger partial charge on any atom is -0.313 e. The summed E-state index contributed by atoms with van der Waals surface area (Å²) in [4.78, 5) is 0. The number of hydrogen-bond acceptors (Lipinski definition) is 2. The lowest BCUT2D eigenvalue weighted by molar-refractivity contribution is 0.480. The quantitative estimate of drug-likeness (QED) is 0.720. The van der Waals surface area contributed by atoms with E-state index in [0.717, 1.165) is 25.6 Å². The third-order valence-corrected chi connectivity index (χ3v) is 2.87. The van der Waals surface area contributed by atoms with Gasteiger partial charge in [0.25, 0.3) is 0 Å². The molecule has 1 heterocycles. The predicted molar refractivity (Wildman–Crippen MR) is 68.4 cm³/mol. The van der Waals surface area contributed by atoms with Crippen molar-refractivity contribution in [1.82, 2.24) is 15.1 Å². The molecule has 0 bridgehead atoms. The first kappa shape index (κ1) is 13.2. The van der Waals surface area contributed by atoms with Crippen LogP contribution in [0.1, 0.15) is 44.9 Å². The molecule has 1 aromatic heterocycles. The van der Waals surface area contributed by atoms with E-state index in [1.54, 1.807) is 0 Å². The van der Waals surface area contributed by atoms with Gasteiger partial charge in [-0.2, -0.15) is 5.10 Å². The first-order chi connectivity index (χ1) is 7.65. The molecule has 0 fully saturated rings. The second kappa shape index (κ2) is 6.69. The zero-order valence-corrected chi connectivity index (χ0v) is 11.1. The first-order valence-electron chi connectivity index (χ1n) is 6.37. The molecular formula is C13H25N3. The summed E-state index contributed by atoms with van der Waals surface area (Å²) in [7, 11) is 0. The van der Waals surface area contributed by atoms with Crippen molar-refractivity contribution in [3.05, 3.63) is 17.5 Å². The maximum absolute atomic E-state index is 4.44. The van der Waals surface area contributed by atoms with Crippen LogP contribution in [0.3, 0.4) is 0 Å². The highest BCUT2D eigenvalue weighted by Gasteiger charge is 2.06. The van der Waals surface area contributed by atoms with Gasteiger partial charge in [0.1, 0.15) is 0 Å². The molecule has 0 aromatic carbocycles. The Morgan fingerprint density at radius 1 is 1.44 bits per heavy atom. The van der Waals surface area contributed by atoms with E-state index in [2.05, 4.69) is 42.8 Å². The summed E-state index contributed by atoms with van der Waals surface area (Å²) in [5.74, 6) is 0.741. The van der Waals surface area contributed by atoms with Crippen molar-refractivity contribution in [2.75, 3.05) is 6.54 Å². The number of aryl methyl sites for hydroxylation is 1. The molecule has 0 spiro atoms. The molecular weight excluding hydrogens is 198 g/mol. The van der Waals surface area contributed by atoms with Crippen molar-refractivity contribution in [2.45, 2.75) is 53.6 Å². The highest BCUT2D eigenvalue weighted by molar-refractivity contribution is 5.15. The van der Waals surface area contributed by atoms with Crippen LogP contribution in [0, 0.1) is 12.8 Å². The number of nitrogens with one attached hydrogen (secondary N) is 1. The van der Waals surface area contributed by atoms with Crippen molar-refractivity contribution in [3.63, 3.8) is 0 Å². The second-order valence-electron chi connectivity index (χ2n) is 4.84. The molecule has 3 heteroatoms. The van der Waals surface area contributed by atoms with Crippen LogP contribution >= 0.6 is 0 Å². The Labute approximate surface area is 99.2 Å². The van der Waals surface area contributed by atoms with Crippen LogP contribution in [0.2, 0.25) is 0 Å². The Morgan fingerprint density at radius 2 is 2.19 bits per heavy atom. The standard InChI is InChI=1S/C13H25N3/c1-5-7-14-9-13-10-15-16(12(13)4)8-6-11(2)3/h10-11,14H,5-9H2,1-4H3. The van der Waals surface area contributed by atoms with Crippen LogP contribution in [0.15, 0.2) is 6.20 Å². The average Bonchev–Trinajstić information content (AvgIpc) is 2.58. The SMILES string of the molecule is CCCNCc1cnn(CCC(C)C)c1C. The van der Waals surface area contributed by atoms with Crippen molar-refractivity contribution in [3.8, 4) is 0 Å². The predicted octanol–water partition coefficient (Wildman–Crippen LogP) is 2.74. The Balaban J connectivity index is 2.48. The number of rotatable bonds is 7. The topological polar surface area (TPSA) is 29.9 Å². The summed E-state index contributed by atoms with van der Waals surface area (Å²) in [6.07, 6.45) is 4.38. The van der Waals surface area contributed by atoms with E-state index in [4.69, 9.17) is 0 Å². The van der Waals surface area contributed by atoms with Gasteiger partial charge in [0, 0.05) is 24.3 Å². The summed E-state index contributed by atoms with van der Waals surface area (Å²) in [5.41, 5.74) is 2.64. The summed E-state index contributed by atoms with van der Waals surface area (Å²) in [6, 6.07) is 0. The molecule has 0 saturated heterocycles. The molecule has 3 nitrogen and oxygen atoms in total. The maximum Gasteiger partial charge on any atom is 0.0537 e. The summed E-state index contributed by atoms with van der Waals surface area (Å²) < 4.78 is 2.13. The average molecular weight is 223 g/mol. The monoisotopic (exact) mass is 223 g/mol. The molecule has 16 heavy (non-hydrogen) atoms. The lowest BCUT2D eigenvalue weighted by atomic mass is 10.1. The lowest BCUT2D eigenvalue weighted by Gasteiger charge is -2.08. The molecule has 0 unspecified atom stereocenters. The fourth-order valence-corrected chi connectivity index (χ4v) is 1.66. The van der Waals surface area contributed by atoms with E-state index in [1.165, 1.54) is 24.1 Å². The van der Waals surface area contributed by atoms with Crippen molar-refractivity contribution < 1.29 is 0 Å². The molecule has 1 aromatic rings. The summed E-state index contributed by atoms with van der Waals surface area (Å²) >= 11 is 0. The molecule has 0 aliphatic carbocycles. The Kier molecular flexibility index (Phi) is 5.53. The number of hydrogen-bond donors (Lipinski definition) is 1. The van der Waals surface area contributed by atoms with Crippen molar-refractivity contribution in [2.24, 2.45) is 5.92 Å². The molecule has 1 rings (SSSR count). The Bertz CT molecular complexity index is 302. The Morgan fingerprint density at radius 3 is 2.81 bits per heavy atom. The van der Waals surface area contributed by atoms with Gasteiger partial charge < -0.3 is 5.32 Å². The second-order valence-corrected chi connectivity index (χ2v) is 4.84. The third-order valence-electron chi connectivity index (χ3n) is 2.87. The molecule has 0 saturated carbocycles. The fourth-order valence-electron chi connectivity index (χ4n) is 1.66. The van der Waals surface area contributed by atoms with E-state index < -0.39 is 0 Å². The van der Waals surface area contributed by atoms with Gasteiger partial charge >= 0.3 is 0 Å². The largest absolute Gasteiger partial charge is 0.313 e. The van der Waals surface area contributed by atoms with Crippen LogP contribution in [-0.4, -0.2) is 16.3 Å². The Hall–Kier alpha value is -0.830. The first-order valence-corrected chi connectivity index (χ1v) is 6.37. The number of nitrogens with zero attached hydrogens (tertiary/aromatic N) is 2. The van der Waals surface area contributed by atoms with E-state index in [9.17, 15) is 0 Å². The van der Waals surface area contributed by atoms with E-state index >= 15 is 0 Å². The van der Waals surface area contributed by atoms with Crippen LogP contribution < -0.4 is 5.32 Å². The maximum atomic E-state index is 4.44. The van der Waals surface area contributed by atoms with Crippen LogP contribution in [-0.2, 0) is 13.1 Å². The van der Waals surface area contributed by atoms with Crippen LogP contribution in [0.25, 0.3) is 0 Å². The van der Waals surface area contributed by atoms with Gasteiger partial charge in [-0.15, -0.1) is 0 Å². The minimum atomic E-state index is 0.741. The molecule has 0 amide bonds. The van der Waals surface area contributed by atoms with Gasteiger partial charge in [-0.25, -0.2) is 0 Å². The highest BCUT2D eigenvalue weighted by atomic mass is 15.3. The van der Waals surface area contributed by atoms with E-state index in [0.29, 0.717) is 0 Å². The van der Waals surface area contributed by atoms with Gasteiger partial charge in [0.2, 0.25) is 0 Å². The smallest absolute Gasteiger partial charge is 0.0537 e. The molecule has 1 N–H and O–H groups in total. The van der Waals surface area contributed by atoms with Gasteiger partial charge in [-0.05, 0) is 32.2 Å². The van der Waals surface area contributed by atoms with Crippen molar-refractivity contribution in [1.29, 1.82) is 0 Å². The third kappa shape index (κ3) is 3.97. The molecule has 0 aliphatic heterocycles. The normalized spacial score (nSPS) is 11.3. The van der Waals surface area contributed by atoms with E-state index in [1.807, 2.05) is 6.20 Å².